The monoisotopic (exact) mass is 584 g/mol. The van der Waals surface area contributed by atoms with Crippen LogP contribution in [0.1, 0.15) is 13.3 Å². The van der Waals surface area contributed by atoms with Gasteiger partial charge in [-0.2, -0.15) is 0 Å². The van der Waals surface area contributed by atoms with Gasteiger partial charge in [-0.05, 0) is 67.7 Å². The minimum atomic E-state index is -2.36. The van der Waals surface area contributed by atoms with Crippen molar-refractivity contribution in [3.63, 3.8) is 0 Å². The van der Waals surface area contributed by atoms with E-state index in [1.54, 1.807) is 6.92 Å². The molecule has 14 heteroatoms. The molecule has 1 atom stereocenters. The molecule has 0 aliphatic carbocycles. The summed E-state index contributed by atoms with van der Waals surface area (Å²) in [6.45, 7) is 2.15. The number of thiocarbonyl (C=S) groups is 1. The number of nitrogens with one attached hydrogen (secondary N) is 2. The topological polar surface area (TPSA) is 73.9 Å². The van der Waals surface area contributed by atoms with Crippen molar-refractivity contribution in [3.05, 3.63) is 82.6 Å². The standard InChI is InChI=1S/C25H18ClF5N4O3S/c1-2-38-15-9-7-14(8-10-15)34-24(37)16(11-17(36)32-13-5-3-12(26)4-6-13)35(25(34)39)33-23-21(30)19(28)18(27)20(29)22(23)31/h3-10,16,33H,2,11H2,1H3,(H,32,36)/t16-/m1/s1. The molecule has 1 heterocycles. The highest BCUT2D eigenvalue weighted by Crippen LogP contribution is 2.33. The zero-order valence-electron chi connectivity index (χ0n) is 19.9. The number of carbonyl (C=O) groups excluding carboxylic acids is 2. The lowest BCUT2D eigenvalue weighted by molar-refractivity contribution is -0.124. The Morgan fingerprint density at radius 3 is 2.08 bits per heavy atom. The van der Waals surface area contributed by atoms with Gasteiger partial charge in [-0.1, -0.05) is 11.6 Å². The summed E-state index contributed by atoms with van der Waals surface area (Å²) < 4.78 is 75.6. The second-order valence-corrected chi connectivity index (χ2v) is 8.89. The molecule has 1 aliphatic heterocycles. The number of ether oxygens (including phenoxy) is 1. The van der Waals surface area contributed by atoms with Crippen molar-refractivity contribution in [2.75, 3.05) is 22.2 Å². The molecule has 2 N–H and O–H groups in total. The highest BCUT2D eigenvalue weighted by atomic mass is 35.5. The van der Waals surface area contributed by atoms with E-state index in [4.69, 9.17) is 28.6 Å². The summed E-state index contributed by atoms with van der Waals surface area (Å²) in [7, 11) is 0. The van der Waals surface area contributed by atoms with Gasteiger partial charge >= 0.3 is 0 Å². The summed E-state index contributed by atoms with van der Waals surface area (Å²) in [5.41, 5.74) is 1.13. The summed E-state index contributed by atoms with van der Waals surface area (Å²) in [5, 5.41) is 3.25. The Kier molecular flexibility index (Phi) is 8.21. The molecule has 7 nitrogen and oxygen atoms in total. The molecule has 0 bridgehead atoms. The molecule has 2 amide bonds. The van der Waals surface area contributed by atoms with Crippen LogP contribution in [0.5, 0.6) is 5.75 Å². The summed E-state index contributed by atoms with van der Waals surface area (Å²) >= 11 is 11.2. The molecule has 0 unspecified atom stereocenters. The van der Waals surface area contributed by atoms with E-state index in [9.17, 15) is 31.5 Å². The number of halogens is 6. The third-order valence-corrected chi connectivity index (χ3v) is 6.20. The van der Waals surface area contributed by atoms with Crippen molar-refractivity contribution in [1.82, 2.24) is 5.01 Å². The molecule has 0 aromatic heterocycles. The molecular formula is C25H18ClF5N4O3S. The van der Waals surface area contributed by atoms with Crippen LogP contribution in [-0.2, 0) is 9.59 Å². The first-order valence-corrected chi connectivity index (χ1v) is 12.1. The third kappa shape index (κ3) is 5.59. The summed E-state index contributed by atoms with van der Waals surface area (Å²) in [6.07, 6.45) is -0.614. The van der Waals surface area contributed by atoms with Gasteiger partial charge in [0.1, 0.15) is 17.5 Å². The largest absolute Gasteiger partial charge is 0.494 e. The first-order valence-electron chi connectivity index (χ1n) is 11.3. The lowest BCUT2D eigenvalue weighted by Crippen LogP contribution is -2.42. The molecule has 3 aromatic rings. The smallest absolute Gasteiger partial charge is 0.258 e. The van der Waals surface area contributed by atoms with Crippen LogP contribution < -0.4 is 20.4 Å². The Morgan fingerprint density at radius 1 is 0.949 bits per heavy atom. The van der Waals surface area contributed by atoms with E-state index in [1.165, 1.54) is 48.5 Å². The van der Waals surface area contributed by atoms with Gasteiger partial charge in [0.15, 0.2) is 23.3 Å². The van der Waals surface area contributed by atoms with E-state index in [1.807, 2.05) is 5.43 Å². The van der Waals surface area contributed by atoms with Crippen LogP contribution in [0.4, 0.5) is 39.0 Å². The highest BCUT2D eigenvalue weighted by molar-refractivity contribution is 7.80. The normalized spacial score (nSPS) is 15.1. The van der Waals surface area contributed by atoms with Gasteiger partial charge in [0.25, 0.3) is 5.91 Å². The Hall–Kier alpha value is -3.97. The minimum Gasteiger partial charge on any atom is -0.494 e. The second kappa shape index (κ2) is 11.4. The van der Waals surface area contributed by atoms with Crippen molar-refractivity contribution < 1.29 is 36.3 Å². The van der Waals surface area contributed by atoms with E-state index in [0.29, 0.717) is 28.1 Å². The number of hydrazine groups is 1. The van der Waals surface area contributed by atoms with Crippen LogP contribution >= 0.6 is 23.8 Å². The average Bonchev–Trinajstić information content (AvgIpc) is 3.14. The number of hydrogen-bond donors (Lipinski definition) is 2. The van der Waals surface area contributed by atoms with E-state index >= 15 is 0 Å². The first kappa shape index (κ1) is 28.0. The number of benzene rings is 3. The Labute approximate surface area is 229 Å². The molecule has 4 rings (SSSR count). The predicted molar refractivity (Wildman–Crippen MR) is 138 cm³/mol. The number of nitrogens with zero attached hydrogens (tertiary/aromatic N) is 2. The average molecular weight is 585 g/mol. The van der Waals surface area contributed by atoms with Gasteiger partial charge < -0.3 is 10.1 Å². The zero-order valence-corrected chi connectivity index (χ0v) is 21.5. The summed E-state index contributed by atoms with van der Waals surface area (Å²) in [5.74, 6) is -12.1. The zero-order chi connectivity index (χ0) is 28.4. The van der Waals surface area contributed by atoms with Crippen LogP contribution in [0.3, 0.4) is 0 Å². The lowest BCUT2D eigenvalue weighted by Gasteiger charge is -2.26. The number of amides is 2. The van der Waals surface area contributed by atoms with Gasteiger partial charge in [0, 0.05) is 10.7 Å². The van der Waals surface area contributed by atoms with Crippen molar-refractivity contribution in [2.24, 2.45) is 0 Å². The van der Waals surface area contributed by atoms with Gasteiger partial charge in [-0.3, -0.25) is 19.9 Å². The van der Waals surface area contributed by atoms with Gasteiger partial charge in [-0.25, -0.2) is 27.0 Å². The minimum absolute atomic E-state index is 0.207. The Bertz CT molecular complexity index is 1410. The Morgan fingerprint density at radius 2 is 1.51 bits per heavy atom. The Balaban J connectivity index is 1.69. The fourth-order valence-electron chi connectivity index (χ4n) is 3.74. The maximum absolute atomic E-state index is 14.5. The number of anilines is 3. The maximum Gasteiger partial charge on any atom is 0.258 e. The van der Waals surface area contributed by atoms with E-state index in [-0.39, 0.29) is 5.69 Å². The number of hydrogen-bond acceptors (Lipinski definition) is 5. The van der Waals surface area contributed by atoms with E-state index in [2.05, 4.69) is 5.32 Å². The molecule has 204 valence electrons. The summed E-state index contributed by atoms with van der Waals surface area (Å²) in [6, 6.07) is 10.5. The fourth-order valence-corrected chi connectivity index (χ4v) is 4.23. The number of rotatable bonds is 8. The van der Waals surface area contributed by atoms with Crippen molar-refractivity contribution >= 4 is 57.8 Å². The summed E-state index contributed by atoms with van der Waals surface area (Å²) in [4.78, 5) is 27.2. The van der Waals surface area contributed by atoms with Crippen molar-refractivity contribution in [3.8, 4) is 5.75 Å². The SMILES string of the molecule is CCOc1ccc(N2C(=O)[C@@H](CC(=O)Nc3ccc(Cl)cc3)N(Nc3c(F)c(F)c(F)c(F)c3F)C2=S)cc1. The third-order valence-electron chi connectivity index (χ3n) is 5.57. The van der Waals surface area contributed by atoms with Crippen molar-refractivity contribution in [1.29, 1.82) is 0 Å². The molecule has 1 saturated heterocycles. The van der Waals surface area contributed by atoms with Crippen molar-refractivity contribution in [2.45, 2.75) is 19.4 Å². The van der Waals surface area contributed by atoms with Crippen LogP contribution in [0.2, 0.25) is 5.02 Å². The van der Waals surface area contributed by atoms with Gasteiger partial charge in [0.05, 0.1) is 18.7 Å². The molecule has 3 aromatic carbocycles. The quantitative estimate of drug-likeness (QED) is 0.151. The molecule has 0 saturated carbocycles. The second-order valence-electron chi connectivity index (χ2n) is 8.08. The van der Waals surface area contributed by atoms with Crippen LogP contribution in [0, 0.1) is 29.1 Å². The van der Waals surface area contributed by atoms with Crippen LogP contribution in [-0.4, -0.2) is 34.6 Å². The van der Waals surface area contributed by atoms with Crippen LogP contribution in [0.25, 0.3) is 0 Å². The van der Waals surface area contributed by atoms with E-state index in [0.717, 1.165) is 4.90 Å². The highest BCUT2D eigenvalue weighted by Gasteiger charge is 2.45. The first-order chi connectivity index (χ1) is 18.5. The predicted octanol–water partition coefficient (Wildman–Crippen LogP) is 5.79. The van der Waals surface area contributed by atoms with Gasteiger partial charge in [0.2, 0.25) is 16.8 Å². The van der Waals surface area contributed by atoms with E-state index < -0.39 is 64.2 Å². The molecule has 0 spiro atoms. The lowest BCUT2D eigenvalue weighted by atomic mass is 10.1. The molecule has 1 aliphatic rings. The van der Waals surface area contributed by atoms with Gasteiger partial charge in [-0.15, -0.1) is 0 Å². The fraction of sp³-hybridized carbons (Fsp3) is 0.160. The number of carbonyl (C=O) groups is 2. The molecule has 1 fully saturated rings. The molecule has 0 radical (unpaired) electrons. The van der Waals surface area contributed by atoms with Crippen LogP contribution in [0.15, 0.2) is 48.5 Å². The molecular weight excluding hydrogens is 567 g/mol. The maximum atomic E-state index is 14.5. The molecule has 39 heavy (non-hydrogen) atoms.